The Bertz CT molecular complexity index is 492. The first kappa shape index (κ1) is 14.7. The van der Waals surface area contributed by atoms with Gasteiger partial charge in [-0.05, 0) is 18.4 Å². The number of benzene rings is 1. The Morgan fingerprint density at radius 1 is 1.55 bits per heavy atom. The fourth-order valence-electron chi connectivity index (χ4n) is 2.61. The first-order valence-corrected chi connectivity index (χ1v) is 6.73. The first-order valence-electron chi connectivity index (χ1n) is 6.73. The molecule has 1 saturated heterocycles. The van der Waals surface area contributed by atoms with E-state index < -0.39 is 4.92 Å². The maximum Gasteiger partial charge on any atom is 0.270 e. The van der Waals surface area contributed by atoms with E-state index in [9.17, 15) is 15.2 Å². The Balaban J connectivity index is 2.15. The second-order valence-electron chi connectivity index (χ2n) is 5.32. The highest BCUT2D eigenvalue weighted by Gasteiger charge is 2.25. The van der Waals surface area contributed by atoms with Crippen LogP contribution in [0.2, 0.25) is 0 Å². The van der Waals surface area contributed by atoms with Crippen LogP contribution in [0.4, 0.5) is 5.69 Å². The smallest absolute Gasteiger partial charge is 0.270 e. The van der Waals surface area contributed by atoms with E-state index in [0.29, 0.717) is 12.3 Å². The van der Waals surface area contributed by atoms with Crippen molar-refractivity contribution >= 4 is 5.69 Å². The van der Waals surface area contributed by atoms with Gasteiger partial charge in [-0.15, -0.1) is 0 Å². The molecular weight excluding hydrogens is 260 g/mol. The van der Waals surface area contributed by atoms with Crippen LogP contribution in [0.1, 0.15) is 18.9 Å². The van der Waals surface area contributed by atoms with Gasteiger partial charge in [0.05, 0.1) is 18.1 Å². The summed E-state index contributed by atoms with van der Waals surface area (Å²) in [5.41, 5.74) is 0.885. The third-order valence-electron chi connectivity index (χ3n) is 3.81. The molecule has 1 aromatic carbocycles. The number of nitrogens with zero attached hydrogens (tertiary/aromatic N) is 2. The van der Waals surface area contributed by atoms with Crippen molar-refractivity contribution in [3.05, 3.63) is 33.9 Å². The van der Waals surface area contributed by atoms with Crippen LogP contribution >= 0.6 is 0 Å². The molecule has 6 nitrogen and oxygen atoms in total. The molecule has 1 aromatic rings. The van der Waals surface area contributed by atoms with Gasteiger partial charge < -0.3 is 9.84 Å². The standard InChI is InChI=1S/C14H20N2O4/c1-10-8-15(6-5-13(10)17)9-11-7-12(16(18)19)3-4-14(11)20-2/h3-4,7,10,13,17H,5-6,8-9H2,1-2H3. The summed E-state index contributed by atoms with van der Waals surface area (Å²) in [7, 11) is 1.56. The highest BCUT2D eigenvalue weighted by molar-refractivity contribution is 5.43. The Kier molecular flexibility index (Phi) is 4.57. The van der Waals surface area contributed by atoms with Gasteiger partial charge in [-0.25, -0.2) is 0 Å². The summed E-state index contributed by atoms with van der Waals surface area (Å²) in [5.74, 6) is 0.878. The Morgan fingerprint density at radius 2 is 2.30 bits per heavy atom. The predicted octanol–water partition coefficient (Wildman–Crippen LogP) is 1.81. The molecule has 0 bridgehead atoms. The van der Waals surface area contributed by atoms with E-state index in [2.05, 4.69) is 4.90 Å². The number of methoxy groups -OCH3 is 1. The summed E-state index contributed by atoms with van der Waals surface area (Å²) >= 11 is 0. The van der Waals surface area contributed by atoms with Gasteiger partial charge in [-0.2, -0.15) is 0 Å². The lowest BCUT2D eigenvalue weighted by Gasteiger charge is -2.34. The van der Waals surface area contributed by atoms with Gasteiger partial charge in [-0.3, -0.25) is 15.0 Å². The molecule has 20 heavy (non-hydrogen) atoms. The zero-order chi connectivity index (χ0) is 14.7. The normalized spacial score (nSPS) is 23.6. The van der Waals surface area contributed by atoms with Crippen molar-refractivity contribution in [2.24, 2.45) is 5.92 Å². The van der Waals surface area contributed by atoms with Crippen molar-refractivity contribution in [3.63, 3.8) is 0 Å². The van der Waals surface area contributed by atoms with Crippen molar-refractivity contribution in [3.8, 4) is 5.75 Å². The zero-order valence-corrected chi connectivity index (χ0v) is 11.8. The summed E-state index contributed by atoms with van der Waals surface area (Å²) in [6.45, 7) is 4.19. The van der Waals surface area contributed by atoms with E-state index in [0.717, 1.165) is 25.1 Å². The molecular formula is C14H20N2O4. The maximum atomic E-state index is 10.9. The van der Waals surface area contributed by atoms with Gasteiger partial charge in [0, 0.05) is 37.3 Å². The van der Waals surface area contributed by atoms with Gasteiger partial charge >= 0.3 is 0 Å². The van der Waals surface area contributed by atoms with Crippen molar-refractivity contribution < 1.29 is 14.8 Å². The van der Waals surface area contributed by atoms with Crippen molar-refractivity contribution in [2.75, 3.05) is 20.2 Å². The number of rotatable bonds is 4. The second-order valence-corrected chi connectivity index (χ2v) is 5.32. The van der Waals surface area contributed by atoms with Crippen LogP contribution in [0.15, 0.2) is 18.2 Å². The molecule has 110 valence electrons. The third-order valence-corrected chi connectivity index (χ3v) is 3.81. The molecule has 2 atom stereocenters. The van der Waals surface area contributed by atoms with Crippen LogP contribution in [-0.2, 0) is 6.54 Å². The summed E-state index contributed by atoms with van der Waals surface area (Å²) in [6.07, 6.45) is 0.483. The molecule has 0 saturated carbocycles. The van der Waals surface area contributed by atoms with Crippen LogP contribution in [0.3, 0.4) is 0 Å². The van der Waals surface area contributed by atoms with Gasteiger partial charge in [-0.1, -0.05) is 6.92 Å². The van der Waals surface area contributed by atoms with Crippen molar-refractivity contribution in [2.45, 2.75) is 26.0 Å². The molecule has 1 fully saturated rings. The number of aliphatic hydroxyl groups is 1. The van der Waals surface area contributed by atoms with Crippen LogP contribution in [0.25, 0.3) is 0 Å². The highest BCUT2D eigenvalue weighted by Crippen LogP contribution is 2.27. The molecule has 0 aromatic heterocycles. The number of likely N-dealkylation sites (tertiary alicyclic amines) is 1. The highest BCUT2D eigenvalue weighted by atomic mass is 16.6. The van der Waals surface area contributed by atoms with E-state index in [1.165, 1.54) is 6.07 Å². The lowest BCUT2D eigenvalue weighted by molar-refractivity contribution is -0.385. The minimum Gasteiger partial charge on any atom is -0.496 e. The fourth-order valence-corrected chi connectivity index (χ4v) is 2.61. The number of hydrogen-bond acceptors (Lipinski definition) is 5. The molecule has 1 heterocycles. The number of non-ortho nitro benzene ring substituents is 1. The quantitative estimate of drug-likeness (QED) is 0.672. The summed E-state index contributed by atoms with van der Waals surface area (Å²) in [4.78, 5) is 12.7. The van der Waals surface area contributed by atoms with Gasteiger partial charge in [0.1, 0.15) is 5.75 Å². The van der Waals surface area contributed by atoms with Gasteiger partial charge in [0.25, 0.3) is 5.69 Å². The maximum absolute atomic E-state index is 10.9. The molecule has 6 heteroatoms. The fraction of sp³-hybridized carbons (Fsp3) is 0.571. The minimum atomic E-state index is -0.397. The van der Waals surface area contributed by atoms with Crippen molar-refractivity contribution in [1.82, 2.24) is 4.90 Å². The minimum absolute atomic E-state index is 0.0749. The number of nitro groups is 1. The van der Waals surface area contributed by atoms with E-state index in [-0.39, 0.29) is 17.7 Å². The zero-order valence-electron chi connectivity index (χ0n) is 11.8. The molecule has 0 amide bonds. The van der Waals surface area contributed by atoms with Crippen LogP contribution < -0.4 is 4.74 Å². The Hall–Kier alpha value is -1.66. The topological polar surface area (TPSA) is 75.8 Å². The largest absolute Gasteiger partial charge is 0.496 e. The molecule has 1 aliphatic heterocycles. The van der Waals surface area contributed by atoms with Crippen LogP contribution in [0.5, 0.6) is 5.75 Å². The SMILES string of the molecule is COc1ccc([N+](=O)[O-])cc1CN1CCC(O)C(C)C1. The lowest BCUT2D eigenvalue weighted by Crippen LogP contribution is -2.41. The van der Waals surface area contributed by atoms with E-state index in [1.807, 2.05) is 6.92 Å². The average Bonchev–Trinajstić information content (AvgIpc) is 2.42. The van der Waals surface area contributed by atoms with E-state index in [4.69, 9.17) is 4.74 Å². The number of hydrogen-bond donors (Lipinski definition) is 1. The molecule has 2 rings (SSSR count). The molecule has 0 radical (unpaired) electrons. The van der Waals surface area contributed by atoms with Gasteiger partial charge in [0.15, 0.2) is 0 Å². The number of nitro benzene ring substituents is 1. The Labute approximate surface area is 118 Å². The number of aliphatic hydroxyl groups excluding tert-OH is 1. The number of piperidine rings is 1. The molecule has 1 aliphatic rings. The van der Waals surface area contributed by atoms with Crippen molar-refractivity contribution in [1.29, 1.82) is 0 Å². The number of ether oxygens (including phenoxy) is 1. The Morgan fingerprint density at radius 3 is 2.90 bits per heavy atom. The molecule has 1 N–H and O–H groups in total. The first-order chi connectivity index (χ1) is 9.51. The molecule has 0 aliphatic carbocycles. The lowest BCUT2D eigenvalue weighted by atomic mass is 9.96. The third kappa shape index (κ3) is 3.26. The predicted molar refractivity (Wildman–Crippen MR) is 74.7 cm³/mol. The summed E-state index contributed by atoms with van der Waals surface area (Å²) < 4.78 is 5.27. The van der Waals surface area contributed by atoms with E-state index >= 15 is 0 Å². The van der Waals surface area contributed by atoms with E-state index in [1.54, 1.807) is 19.2 Å². The average molecular weight is 280 g/mol. The van der Waals surface area contributed by atoms with Crippen LogP contribution in [-0.4, -0.2) is 41.2 Å². The molecule has 0 spiro atoms. The summed E-state index contributed by atoms with van der Waals surface area (Å²) in [6, 6.07) is 4.65. The van der Waals surface area contributed by atoms with Crippen LogP contribution in [0, 0.1) is 16.0 Å². The summed E-state index contributed by atoms with van der Waals surface area (Å²) in [5, 5.41) is 20.6. The second kappa shape index (κ2) is 6.19. The molecule has 2 unspecified atom stereocenters. The van der Waals surface area contributed by atoms with Gasteiger partial charge in [0.2, 0.25) is 0 Å². The monoisotopic (exact) mass is 280 g/mol.